The highest BCUT2D eigenvalue weighted by atomic mass is 16.4. The van der Waals surface area contributed by atoms with E-state index in [-0.39, 0.29) is 12.2 Å². The van der Waals surface area contributed by atoms with E-state index in [2.05, 4.69) is 15.0 Å². The van der Waals surface area contributed by atoms with Crippen LogP contribution in [0.5, 0.6) is 0 Å². The van der Waals surface area contributed by atoms with E-state index < -0.39 is 5.97 Å². The van der Waals surface area contributed by atoms with Crippen molar-refractivity contribution in [2.45, 2.75) is 27.4 Å². The number of nitrogens with zero attached hydrogens (tertiary/aromatic N) is 3. The van der Waals surface area contributed by atoms with Gasteiger partial charge in [0.05, 0.1) is 12.2 Å². The fourth-order valence-electron chi connectivity index (χ4n) is 1.95. The minimum absolute atomic E-state index is 0.0830. The Labute approximate surface area is 163 Å². The monoisotopic (exact) mass is 381 g/mol. The number of carbonyl (C=O) groups excluding carboxylic acids is 1. The van der Waals surface area contributed by atoms with Crippen molar-refractivity contribution in [3.05, 3.63) is 88.8 Å². The van der Waals surface area contributed by atoms with Crippen molar-refractivity contribution < 1.29 is 19.8 Å². The van der Waals surface area contributed by atoms with Crippen molar-refractivity contribution in [2.24, 2.45) is 0 Å². The number of aryl methyl sites for hydroxylation is 3. The summed E-state index contributed by atoms with van der Waals surface area (Å²) in [5, 5.41) is 17.2. The first-order chi connectivity index (χ1) is 13.4. The van der Waals surface area contributed by atoms with Gasteiger partial charge in [0.2, 0.25) is 0 Å². The highest BCUT2D eigenvalue weighted by molar-refractivity contribution is 5.88. The molecule has 7 nitrogen and oxygen atoms in total. The van der Waals surface area contributed by atoms with Gasteiger partial charge in [-0.25, -0.2) is 4.79 Å². The molecule has 0 atom stereocenters. The van der Waals surface area contributed by atoms with Crippen molar-refractivity contribution in [1.29, 1.82) is 0 Å². The van der Waals surface area contributed by atoms with Crippen molar-refractivity contribution >= 4 is 12.3 Å². The zero-order chi connectivity index (χ0) is 20.9. The molecule has 0 fully saturated rings. The number of aliphatic hydroxyl groups excluding tert-OH is 1. The molecule has 146 valence electrons. The Morgan fingerprint density at radius 2 is 1.43 bits per heavy atom. The highest BCUT2D eigenvalue weighted by Crippen LogP contribution is 2.04. The molecule has 7 heteroatoms. The number of hydrogen-bond acceptors (Lipinski definition) is 6. The Balaban J connectivity index is 0.000000210. The van der Waals surface area contributed by atoms with Crippen LogP contribution in [0.25, 0.3) is 0 Å². The standard InChI is InChI=1S/C7H7NO2.C7H9NO.C7H7NO/c1-5-2-3-8-4-6(5)7(9)10;2*1-6-2-3-8-4-7(6)5-9/h2-4H,1H3,(H,9,10);2-4,9H,5H2,1H3;2-5H,1H3. The lowest BCUT2D eigenvalue weighted by atomic mass is 10.2. The zero-order valence-electron chi connectivity index (χ0n) is 16.0. The summed E-state index contributed by atoms with van der Waals surface area (Å²) in [5.41, 5.74) is 4.63. The fraction of sp³-hybridized carbons (Fsp3) is 0.190. The second-order valence-corrected chi connectivity index (χ2v) is 5.81. The lowest BCUT2D eigenvalue weighted by Crippen LogP contribution is -1.99. The first kappa shape index (κ1) is 22.6. The Morgan fingerprint density at radius 3 is 1.79 bits per heavy atom. The lowest BCUT2D eigenvalue weighted by Gasteiger charge is -1.97. The van der Waals surface area contributed by atoms with Gasteiger partial charge >= 0.3 is 5.97 Å². The van der Waals surface area contributed by atoms with Gasteiger partial charge in [-0.3, -0.25) is 19.7 Å². The van der Waals surface area contributed by atoms with Gasteiger partial charge in [-0.2, -0.15) is 0 Å². The molecule has 3 aromatic rings. The molecule has 0 amide bonds. The third kappa shape index (κ3) is 7.43. The molecule has 2 N–H and O–H groups in total. The van der Waals surface area contributed by atoms with Gasteiger partial charge < -0.3 is 10.2 Å². The summed E-state index contributed by atoms with van der Waals surface area (Å²) in [5.74, 6) is -0.925. The quantitative estimate of drug-likeness (QED) is 0.670. The number of carbonyl (C=O) groups is 2. The summed E-state index contributed by atoms with van der Waals surface area (Å²) < 4.78 is 0. The van der Waals surface area contributed by atoms with E-state index in [9.17, 15) is 9.59 Å². The SMILES string of the molecule is Cc1ccncc1C(=O)O.Cc1ccncc1C=O.Cc1ccncc1CO. The van der Waals surface area contributed by atoms with Crippen LogP contribution in [-0.2, 0) is 6.61 Å². The minimum Gasteiger partial charge on any atom is -0.478 e. The van der Waals surface area contributed by atoms with Crippen LogP contribution in [0.3, 0.4) is 0 Å². The Hall–Kier alpha value is -3.45. The van der Waals surface area contributed by atoms with Crippen LogP contribution < -0.4 is 0 Å². The predicted molar refractivity (Wildman–Crippen MR) is 105 cm³/mol. The van der Waals surface area contributed by atoms with Gasteiger partial charge in [-0.15, -0.1) is 0 Å². The number of carboxylic acid groups (broad SMARTS) is 1. The van der Waals surface area contributed by atoms with Gasteiger partial charge in [0, 0.05) is 42.7 Å². The van der Waals surface area contributed by atoms with E-state index in [1.807, 2.05) is 26.0 Å². The van der Waals surface area contributed by atoms with Gasteiger partial charge in [-0.05, 0) is 61.2 Å². The smallest absolute Gasteiger partial charge is 0.337 e. The van der Waals surface area contributed by atoms with Crippen molar-refractivity contribution in [3.63, 3.8) is 0 Å². The molecule has 28 heavy (non-hydrogen) atoms. The predicted octanol–water partition coefficient (Wildman–Crippen LogP) is 3.17. The largest absolute Gasteiger partial charge is 0.478 e. The summed E-state index contributed by atoms with van der Waals surface area (Å²) in [6.45, 7) is 5.66. The molecular formula is C21H23N3O4. The summed E-state index contributed by atoms with van der Waals surface area (Å²) in [6, 6.07) is 5.36. The summed E-state index contributed by atoms with van der Waals surface area (Å²) >= 11 is 0. The van der Waals surface area contributed by atoms with E-state index in [0.29, 0.717) is 5.56 Å². The molecule has 0 unspecified atom stereocenters. The Bertz CT molecular complexity index is 913. The average molecular weight is 381 g/mol. The summed E-state index contributed by atoms with van der Waals surface area (Å²) in [7, 11) is 0. The minimum atomic E-state index is -0.925. The molecule has 0 spiro atoms. The number of hydrogen-bond donors (Lipinski definition) is 2. The van der Waals surface area contributed by atoms with E-state index in [1.165, 1.54) is 6.20 Å². The highest BCUT2D eigenvalue weighted by Gasteiger charge is 2.04. The Morgan fingerprint density at radius 1 is 0.893 bits per heavy atom. The van der Waals surface area contributed by atoms with Crippen LogP contribution in [0, 0.1) is 20.8 Å². The molecular weight excluding hydrogens is 358 g/mol. The number of rotatable bonds is 3. The maximum atomic E-state index is 10.4. The van der Waals surface area contributed by atoms with E-state index in [1.54, 1.807) is 44.0 Å². The molecule has 0 radical (unpaired) electrons. The topological polar surface area (TPSA) is 113 Å². The lowest BCUT2D eigenvalue weighted by molar-refractivity contribution is 0.0695. The maximum Gasteiger partial charge on any atom is 0.337 e. The number of aromatic nitrogens is 3. The Kier molecular flexibility index (Phi) is 9.71. The fourth-order valence-corrected chi connectivity index (χ4v) is 1.95. The summed E-state index contributed by atoms with van der Waals surface area (Å²) in [6.07, 6.45) is 10.3. The normalized spacial score (nSPS) is 9.29. The van der Waals surface area contributed by atoms with Crippen LogP contribution in [0.2, 0.25) is 0 Å². The molecule has 3 rings (SSSR count). The zero-order valence-corrected chi connectivity index (χ0v) is 16.0. The van der Waals surface area contributed by atoms with Gasteiger partial charge in [-0.1, -0.05) is 0 Å². The van der Waals surface area contributed by atoms with Crippen LogP contribution >= 0.6 is 0 Å². The third-order valence-electron chi connectivity index (χ3n) is 3.79. The van der Waals surface area contributed by atoms with Crippen LogP contribution in [0.15, 0.2) is 55.4 Å². The molecule has 0 aliphatic carbocycles. The van der Waals surface area contributed by atoms with Crippen LogP contribution in [-0.4, -0.2) is 37.4 Å². The van der Waals surface area contributed by atoms with Crippen molar-refractivity contribution in [3.8, 4) is 0 Å². The van der Waals surface area contributed by atoms with E-state index >= 15 is 0 Å². The van der Waals surface area contributed by atoms with Gasteiger partial charge in [0.1, 0.15) is 0 Å². The molecule has 0 saturated heterocycles. The van der Waals surface area contributed by atoms with E-state index in [0.717, 1.165) is 28.5 Å². The van der Waals surface area contributed by atoms with Crippen LogP contribution in [0.4, 0.5) is 0 Å². The van der Waals surface area contributed by atoms with Crippen molar-refractivity contribution in [1.82, 2.24) is 15.0 Å². The second kappa shape index (κ2) is 12.0. The molecule has 0 bridgehead atoms. The number of carboxylic acids is 1. The molecule has 0 saturated carbocycles. The first-order valence-electron chi connectivity index (χ1n) is 8.40. The van der Waals surface area contributed by atoms with Gasteiger partial charge in [0.15, 0.2) is 6.29 Å². The third-order valence-corrected chi connectivity index (χ3v) is 3.79. The molecule has 0 aliphatic rings. The van der Waals surface area contributed by atoms with Crippen LogP contribution in [0.1, 0.15) is 43.0 Å². The number of aromatic carboxylic acids is 1. The molecule has 0 aromatic carbocycles. The molecule has 3 heterocycles. The number of aldehydes is 1. The summed E-state index contributed by atoms with van der Waals surface area (Å²) in [4.78, 5) is 31.9. The maximum absolute atomic E-state index is 10.4. The number of pyridine rings is 3. The number of aliphatic hydroxyl groups is 1. The molecule has 0 aliphatic heterocycles. The molecule has 3 aromatic heterocycles. The van der Waals surface area contributed by atoms with E-state index in [4.69, 9.17) is 10.2 Å². The average Bonchev–Trinajstić information content (AvgIpc) is 2.70. The first-order valence-corrected chi connectivity index (χ1v) is 8.40. The van der Waals surface area contributed by atoms with Gasteiger partial charge in [0.25, 0.3) is 0 Å². The van der Waals surface area contributed by atoms with Crippen molar-refractivity contribution in [2.75, 3.05) is 0 Å². The second-order valence-electron chi connectivity index (χ2n) is 5.81.